The number of likely N-dealkylation sites (tertiary alicyclic amines) is 1. The van der Waals surface area contributed by atoms with Gasteiger partial charge in [-0.05, 0) is 38.0 Å². The number of aliphatic hydroxyl groups is 1. The highest BCUT2D eigenvalue weighted by Gasteiger charge is 2.27. The Kier molecular flexibility index (Phi) is 3.47. The normalized spacial score (nSPS) is 38.1. The van der Waals surface area contributed by atoms with Gasteiger partial charge >= 0.3 is 0 Å². The van der Waals surface area contributed by atoms with Crippen LogP contribution in [0.2, 0.25) is 0 Å². The van der Waals surface area contributed by atoms with Crippen molar-refractivity contribution in [2.75, 3.05) is 19.6 Å². The second-order valence-corrected chi connectivity index (χ2v) is 5.31. The van der Waals surface area contributed by atoms with Gasteiger partial charge in [-0.25, -0.2) is 0 Å². The fourth-order valence-electron chi connectivity index (χ4n) is 2.96. The van der Waals surface area contributed by atoms with E-state index >= 15 is 0 Å². The molecule has 0 radical (unpaired) electrons. The van der Waals surface area contributed by atoms with Crippen molar-refractivity contribution in [3.8, 4) is 0 Å². The van der Waals surface area contributed by atoms with E-state index in [1.54, 1.807) is 5.57 Å². The van der Waals surface area contributed by atoms with Crippen LogP contribution in [-0.2, 0) is 0 Å². The monoisotopic (exact) mass is 209 g/mol. The van der Waals surface area contributed by atoms with Crippen LogP contribution < -0.4 is 0 Å². The summed E-state index contributed by atoms with van der Waals surface area (Å²) in [5.74, 6) is 1.54. The van der Waals surface area contributed by atoms with E-state index in [0.29, 0.717) is 0 Å². The van der Waals surface area contributed by atoms with Crippen LogP contribution in [0.3, 0.4) is 0 Å². The van der Waals surface area contributed by atoms with Gasteiger partial charge in [-0.2, -0.15) is 0 Å². The minimum absolute atomic E-state index is 0.0758. The lowest BCUT2D eigenvalue weighted by Gasteiger charge is -2.32. The lowest BCUT2D eigenvalue weighted by molar-refractivity contribution is 0.165. The highest BCUT2D eigenvalue weighted by atomic mass is 16.3. The van der Waals surface area contributed by atoms with Crippen LogP contribution in [0.4, 0.5) is 0 Å². The van der Waals surface area contributed by atoms with Crippen molar-refractivity contribution >= 4 is 0 Å². The first kappa shape index (κ1) is 11.2. The zero-order valence-electron chi connectivity index (χ0n) is 9.95. The van der Waals surface area contributed by atoms with Crippen molar-refractivity contribution in [3.63, 3.8) is 0 Å². The third kappa shape index (κ3) is 2.61. The maximum atomic E-state index is 9.50. The standard InChI is InChI=1S/C13H23NO/c1-10-4-3-5-11(2)13(10)9-14-7-6-12(15)8-14/h4,11-13,15H,3,5-9H2,1-2H3/t11-,12+,13+/m0/s1. The maximum Gasteiger partial charge on any atom is 0.0679 e. The smallest absolute Gasteiger partial charge is 0.0679 e. The number of aliphatic hydroxyl groups excluding tert-OH is 1. The van der Waals surface area contributed by atoms with Crippen LogP contribution >= 0.6 is 0 Å². The van der Waals surface area contributed by atoms with Crippen LogP contribution in [0.1, 0.15) is 33.1 Å². The molecule has 1 N–H and O–H groups in total. The Morgan fingerprint density at radius 1 is 1.47 bits per heavy atom. The molecule has 0 aromatic heterocycles. The molecule has 2 nitrogen and oxygen atoms in total. The molecule has 0 bridgehead atoms. The first-order valence-corrected chi connectivity index (χ1v) is 6.24. The lowest BCUT2D eigenvalue weighted by atomic mass is 9.80. The van der Waals surface area contributed by atoms with E-state index in [4.69, 9.17) is 0 Å². The first-order chi connectivity index (χ1) is 7.16. The summed E-state index contributed by atoms with van der Waals surface area (Å²) in [7, 11) is 0. The van der Waals surface area contributed by atoms with Gasteiger partial charge in [0.2, 0.25) is 0 Å². The van der Waals surface area contributed by atoms with Crippen LogP contribution in [0.15, 0.2) is 11.6 Å². The summed E-state index contributed by atoms with van der Waals surface area (Å²) >= 11 is 0. The molecule has 0 aromatic carbocycles. The molecule has 2 heteroatoms. The second-order valence-electron chi connectivity index (χ2n) is 5.31. The van der Waals surface area contributed by atoms with Crippen molar-refractivity contribution in [3.05, 3.63) is 11.6 Å². The van der Waals surface area contributed by atoms with Gasteiger partial charge in [-0.15, -0.1) is 0 Å². The molecule has 15 heavy (non-hydrogen) atoms. The molecule has 1 aliphatic heterocycles. The average Bonchev–Trinajstić information content (AvgIpc) is 2.58. The van der Waals surface area contributed by atoms with E-state index in [1.807, 2.05) is 0 Å². The average molecular weight is 209 g/mol. The molecule has 0 unspecified atom stereocenters. The van der Waals surface area contributed by atoms with Gasteiger partial charge in [0, 0.05) is 19.6 Å². The SMILES string of the molecule is CC1=CCC[C@H](C)[C@@H]1CN1CC[C@@H](O)C1. The molecule has 1 saturated heterocycles. The molecular weight excluding hydrogens is 186 g/mol. The summed E-state index contributed by atoms with van der Waals surface area (Å²) in [5.41, 5.74) is 1.56. The third-order valence-corrected chi connectivity index (χ3v) is 4.06. The van der Waals surface area contributed by atoms with Gasteiger partial charge in [0.05, 0.1) is 6.10 Å². The Morgan fingerprint density at radius 3 is 2.87 bits per heavy atom. The molecule has 2 aliphatic rings. The number of β-amino-alcohol motifs (C(OH)–C–C–N with tert-alkyl or cyclic N) is 1. The highest BCUT2D eigenvalue weighted by molar-refractivity contribution is 5.09. The quantitative estimate of drug-likeness (QED) is 0.704. The van der Waals surface area contributed by atoms with E-state index in [0.717, 1.165) is 37.9 Å². The minimum atomic E-state index is -0.0758. The van der Waals surface area contributed by atoms with E-state index in [2.05, 4.69) is 24.8 Å². The van der Waals surface area contributed by atoms with Gasteiger partial charge < -0.3 is 10.0 Å². The van der Waals surface area contributed by atoms with Crippen molar-refractivity contribution in [1.82, 2.24) is 4.90 Å². The molecule has 1 aliphatic carbocycles. The molecule has 0 spiro atoms. The lowest BCUT2D eigenvalue weighted by Crippen LogP contribution is -2.33. The van der Waals surface area contributed by atoms with Gasteiger partial charge in [-0.1, -0.05) is 18.6 Å². The van der Waals surface area contributed by atoms with Crippen LogP contribution in [0, 0.1) is 11.8 Å². The Bertz CT molecular complexity index is 249. The predicted molar refractivity (Wildman–Crippen MR) is 62.7 cm³/mol. The Balaban J connectivity index is 1.92. The summed E-state index contributed by atoms with van der Waals surface area (Å²) in [6.45, 7) is 7.76. The van der Waals surface area contributed by atoms with Crippen molar-refractivity contribution in [2.45, 2.75) is 39.2 Å². The zero-order valence-corrected chi connectivity index (χ0v) is 9.95. The van der Waals surface area contributed by atoms with Crippen molar-refractivity contribution < 1.29 is 5.11 Å². The highest BCUT2D eigenvalue weighted by Crippen LogP contribution is 2.31. The minimum Gasteiger partial charge on any atom is -0.392 e. The Hall–Kier alpha value is -0.340. The fourth-order valence-corrected chi connectivity index (χ4v) is 2.96. The number of allylic oxidation sites excluding steroid dienone is 1. The molecule has 3 atom stereocenters. The molecule has 1 fully saturated rings. The van der Waals surface area contributed by atoms with E-state index in [1.165, 1.54) is 12.8 Å². The predicted octanol–water partition coefficient (Wildman–Crippen LogP) is 2.05. The molecular formula is C13H23NO. The van der Waals surface area contributed by atoms with Crippen LogP contribution in [0.5, 0.6) is 0 Å². The summed E-state index contributed by atoms with van der Waals surface area (Å²) in [4.78, 5) is 2.43. The van der Waals surface area contributed by atoms with Crippen molar-refractivity contribution in [1.29, 1.82) is 0 Å². The zero-order chi connectivity index (χ0) is 10.8. The summed E-state index contributed by atoms with van der Waals surface area (Å²) in [5, 5.41) is 9.50. The number of hydrogen-bond donors (Lipinski definition) is 1. The fraction of sp³-hybridized carbons (Fsp3) is 0.846. The van der Waals surface area contributed by atoms with E-state index in [9.17, 15) is 5.11 Å². The number of hydrogen-bond acceptors (Lipinski definition) is 2. The van der Waals surface area contributed by atoms with Gasteiger partial charge in [0.1, 0.15) is 0 Å². The van der Waals surface area contributed by atoms with Gasteiger partial charge in [-0.3, -0.25) is 0 Å². The molecule has 2 rings (SSSR count). The van der Waals surface area contributed by atoms with E-state index < -0.39 is 0 Å². The van der Waals surface area contributed by atoms with Crippen LogP contribution in [0.25, 0.3) is 0 Å². The Morgan fingerprint density at radius 2 is 2.27 bits per heavy atom. The molecule has 0 aromatic rings. The summed E-state index contributed by atoms with van der Waals surface area (Å²) < 4.78 is 0. The summed E-state index contributed by atoms with van der Waals surface area (Å²) in [6, 6.07) is 0. The van der Waals surface area contributed by atoms with Crippen molar-refractivity contribution in [2.24, 2.45) is 11.8 Å². The molecule has 86 valence electrons. The Labute approximate surface area is 93.0 Å². The number of nitrogens with zero attached hydrogens (tertiary/aromatic N) is 1. The van der Waals surface area contributed by atoms with Gasteiger partial charge in [0.15, 0.2) is 0 Å². The second kappa shape index (κ2) is 4.67. The first-order valence-electron chi connectivity index (χ1n) is 6.24. The molecule has 0 saturated carbocycles. The largest absolute Gasteiger partial charge is 0.392 e. The van der Waals surface area contributed by atoms with Gasteiger partial charge in [0.25, 0.3) is 0 Å². The number of rotatable bonds is 2. The maximum absolute atomic E-state index is 9.50. The van der Waals surface area contributed by atoms with Crippen LogP contribution in [-0.4, -0.2) is 35.7 Å². The molecule has 1 heterocycles. The molecule has 0 amide bonds. The topological polar surface area (TPSA) is 23.5 Å². The summed E-state index contributed by atoms with van der Waals surface area (Å²) in [6.07, 6.45) is 5.87. The third-order valence-electron chi connectivity index (χ3n) is 4.06. The van der Waals surface area contributed by atoms with E-state index in [-0.39, 0.29) is 6.10 Å².